The van der Waals surface area contributed by atoms with Gasteiger partial charge in [-0.05, 0) is 42.3 Å². The number of carbonyl (C=O) groups is 1. The summed E-state index contributed by atoms with van der Waals surface area (Å²) in [7, 11) is -3.82. The van der Waals surface area contributed by atoms with E-state index in [1.807, 2.05) is 37.3 Å². The van der Waals surface area contributed by atoms with Crippen molar-refractivity contribution in [2.45, 2.75) is 24.8 Å². The number of rotatable bonds is 6. The summed E-state index contributed by atoms with van der Waals surface area (Å²) in [5, 5.41) is 0. The molecular formula is C22H21N3O4S. The Labute approximate surface area is 175 Å². The van der Waals surface area contributed by atoms with Gasteiger partial charge in [0.15, 0.2) is 11.6 Å². The molecule has 0 fully saturated rings. The molecule has 7 nitrogen and oxygen atoms in total. The molecule has 0 saturated carbocycles. The average Bonchev–Trinajstić information content (AvgIpc) is 2.88. The van der Waals surface area contributed by atoms with Gasteiger partial charge in [0.05, 0.1) is 10.5 Å². The number of sulfonamides is 1. The van der Waals surface area contributed by atoms with E-state index in [1.54, 1.807) is 18.3 Å². The third-order valence-electron chi connectivity index (χ3n) is 4.72. The Balaban J connectivity index is 1.68. The van der Waals surface area contributed by atoms with Crippen LogP contribution in [-0.4, -0.2) is 25.9 Å². The highest BCUT2D eigenvalue weighted by molar-refractivity contribution is 7.89. The summed E-state index contributed by atoms with van der Waals surface area (Å²) < 4.78 is 34.1. The maximum Gasteiger partial charge on any atom is 0.263 e. The molecule has 1 aliphatic rings. The first kappa shape index (κ1) is 20.1. The SMILES string of the molecule is CCCN1C(=O)c2cc(S(=O)(=O)NCc3ccccc3)ccc2Oc2cccnc21. The van der Waals surface area contributed by atoms with Crippen LogP contribution >= 0.6 is 0 Å². The average molecular weight is 423 g/mol. The van der Waals surface area contributed by atoms with Crippen LogP contribution in [0.3, 0.4) is 0 Å². The van der Waals surface area contributed by atoms with Gasteiger partial charge in [-0.2, -0.15) is 0 Å². The summed E-state index contributed by atoms with van der Waals surface area (Å²) in [5.41, 5.74) is 1.02. The molecule has 0 atom stereocenters. The number of carbonyl (C=O) groups excluding carboxylic acids is 1. The van der Waals surface area contributed by atoms with Gasteiger partial charge in [0, 0.05) is 19.3 Å². The minimum Gasteiger partial charge on any atom is -0.453 e. The summed E-state index contributed by atoms with van der Waals surface area (Å²) in [5.74, 6) is 0.835. The fraction of sp³-hybridized carbons (Fsp3) is 0.182. The van der Waals surface area contributed by atoms with Crippen molar-refractivity contribution in [3.05, 3.63) is 78.0 Å². The topological polar surface area (TPSA) is 88.6 Å². The Hall–Kier alpha value is -3.23. The Bertz CT molecular complexity index is 1180. The lowest BCUT2D eigenvalue weighted by atomic mass is 10.1. The van der Waals surface area contributed by atoms with Crippen molar-refractivity contribution in [1.82, 2.24) is 9.71 Å². The summed E-state index contributed by atoms with van der Waals surface area (Å²) in [6, 6.07) is 17.0. The molecule has 8 heteroatoms. The second-order valence-corrected chi connectivity index (χ2v) is 8.62. The lowest BCUT2D eigenvalue weighted by molar-refractivity contribution is 0.0986. The number of hydrogen-bond donors (Lipinski definition) is 1. The Morgan fingerprint density at radius 3 is 2.60 bits per heavy atom. The van der Waals surface area contributed by atoms with E-state index < -0.39 is 10.0 Å². The van der Waals surface area contributed by atoms with E-state index >= 15 is 0 Å². The standard InChI is InChI=1S/C22H21N3O4S/c1-2-13-25-21-20(9-6-12-23-21)29-19-11-10-17(14-18(19)22(25)26)30(27,28)24-15-16-7-4-3-5-8-16/h3-12,14,24H,2,13,15H2,1H3. The van der Waals surface area contributed by atoms with Crippen molar-refractivity contribution >= 4 is 21.7 Å². The van der Waals surface area contributed by atoms with Gasteiger partial charge in [0.2, 0.25) is 10.0 Å². The van der Waals surface area contributed by atoms with Crippen LogP contribution in [0.4, 0.5) is 5.82 Å². The highest BCUT2D eigenvalue weighted by Crippen LogP contribution is 2.38. The van der Waals surface area contributed by atoms with Crippen molar-refractivity contribution in [1.29, 1.82) is 0 Å². The van der Waals surface area contributed by atoms with Crippen LogP contribution in [0, 0.1) is 0 Å². The van der Waals surface area contributed by atoms with E-state index in [-0.39, 0.29) is 22.9 Å². The maximum absolute atomic E-state index is 13.2. The van der Waals surface area contributed by atoms with Crippen LogP contribution < -0.4 is 14.4 Å². The first-order valence-electron chi connectivity index (χ1n) is 9.62. The molecule has 1 N–H and O–H groups in total. The molecule has 2 heterocycles. The number of nitrogens with zero attached hydrogens (tertiary/aromatic N) is 2. The number of ether oxygens (including phenoxy) is 1. The van der Waals surface area contributed by atoms with E-state index in [0.29, 0.717) is 30.3 Å². The molecule has 0 unspecified atom stereocenters. The molecular weight excluding hydrogens is 402 g/mol. The fourth-order valence-corrected chi connectivity index (χ4v) is 4.29. The highest BCUT2D eigenvalue weighted by Gasteiger charge is 2.30. The lowest BCUT2D eigenvalue weighted by Crippen LogP contribution is -2.32. The molecule has 154 valence electrons. The van der Waals surface area contributed by atoms with Crippen LogP contribution in [0.5, 0.6) is 11.5 Å². The molecule has 0 aliphatic carbocycles. The fourth-order valence-electron chi connectivity index (χ4n) is 3.25. The van der Waals surface area contributed by atoms with Crippen molar-refractivity contribution in [3.8, 4) is 11.5 Å². The lowest BCUT2D eigenvalue weighted by Gasteiger charge is -2.20. The second kappa shape index (κ2) is 8.25. The van der Waals surface area contributed by atoms with E-state index in [0.717, 1.165) is 5.56 Å². The summed E-state index contributed by atoms with van der Waals surface area (Å²) in [4.78, 5) is 19.1. The Kier molecular flexibility index (Phi) is 5.52. The highest BCUT2D eigenvalue weighted by atomic mass is 32.2. The zero-order valence-corrected chi connectivity index (χ0v) is 17.2. The molecule has 0 spiro atoms. The van der Waals surface area contributed by atoms with Crippen LogP contribution in [0.2, 0.25) is 0 Å². The zero-order chi connectivity index (χ0) is 21.1. The van der Waals surface area contributed by atoms with E-state index in [9.17, 15) is 13.2 Å². The van der Waals surface area contributed by atoms with Crippen LogP contribution in [0.25, 0.3) is 0 Å². The number of anilines is 1. The first-order valence-corrected chi connectivity index (χ1v) is 11.1. The van der Waals surface area contributed by atoms with Crippen molar-refractivity contribution in [3.63, 3.8) is 0 Å². The maximum atomic E-state index is 13.2. The van der Waals surface area contributed by atoms with Crippen LogP contribution in [0.1, 0.15) is 29.3 Å². The van der Waals surface area contributed by atoms with Crippen LogP contribution in [-0.2, 0) is 16.6 Å². The van der Waals surface area contributed by atoms with E-state index in [1.165, 1.54) is 23.1 Å². The Morgan fingerprint density at radius 1 is 1.03 bits per heavy atom. The molecule has 1 aromatic heterocycles. The van der Waals surface area contributed by atoms with Crippen molar-refractivity contribution < 1.29 is 17.9 Å². The first-order chi connectivity index (χ1) is 14.5. The van der Waals surface area contributed by atoms with E-state index in [2.05, 4.69) is 9.71 Å². The van der Waals surface area contributed by atoms with Gasteiger partial charge in [-0.3, -0.25) is 9.69 Å². The third kappa shape index (κ3) is 3.92. The van der Waals surface area contributed by atoms with Gasteiger partial charge in [-0.1, -0.05) is 37.3 Å². The van der Waals surface area contributed by atoms with Gasteiger partial charge in [-0.15, -0.1) is 0 Å². The van der Waals surface area contributed by atoms with Gasteiger partial charge in [0.25, 0.3) is 5.91 Å². The number of benzene rings is 2. The number of pyridine rings is 1. The number of amides is 1. The third-order valence-corrected chi connectivity index (χ3v) is 6.12. The molecule has 30 heavy (non-hydrogen) atoms. The molecule has 3 aromatic rings. The number of fused-ring (bicyclic) bond motifs is 2. The number of aromatic nitrogens is 1. The quantitative estimate of drug-likeness (QED) is 0.653. The number of nitrogens with one attached hydrogen (secondary N) is 1. The van der Waals surface area contributed by atoms with Crippen molar-refractivity contribution in [2.24, 2.45) is 0 Å². The molecule has 2 aromatic carbocycles. The zero-order valence-electron chi connectivity index (χ0n) is 16.4. The molecule has 1 amide bonds. The second-order valence-electron chi connectivity index (χ2n) is 6.85. The molecule has 0 saturated heterocycles. The monoisotopic (exact) mass is 423 g/mol. The summed E-state index contributed by atoms with van der Waals surface area (Å²) >= 11 is 0. The minimum absolute atomic E-state index is 0.00416. The van der Waals surface area contributed by atoms with Crippen molar-refractivity contribution in [2.75, 3.05) is 11.4 Å². The van der Waals surface area contributed by atoms with Crippen LogP contribution in [0.15, 0.2) is 71.8 Å². The Morgan fingerprint density at radius 2 is 1.83 bits per heavy atom. The van der Waals surface area contributed by atoms with Gasteiger partial charge in [-0.25, -0.2) is 18.1 Å². The van der Waals surface area contributed by atoms with Gasteiger partial charge < -0.3 is 4.74 Å². The predicted molar refractivity (Wildman–Crippen MR) is 113 cm³/mol. The van der Waals surface area contributed by atoms with Gasteiger partial charge in [0.1, 0.15) is 5.75 Å². The summed E-state index contributed by atoms with van der Waals surface area (Å²) in [6.45, 7) is 2.55. The largest absolute Gasteiger partial charge is 0.453 e. The smallest absolute Gasteiger partial charge is 0.263 e. The van der Waals surface area contributed by atoms with Gasteiger partial charge >= 0.3 is 0 Å². The van der Waals surface area contributed by atoms with E-state index in [4.69, 9.17) is 4.74 Å². The normalized spacial score (nSPS) is 13.2. The molecule has 0 bridgehead atoms. The predicted octanol–water partition coefficient (Wildman–Crippen LogP) is 3.72. The molecule has 0 radical (unpaired) electrons. The summed E-state index contributed by atoms with van der Waals surface area (Å²) in [6.07, 6.45) is 2.31. The number of hydrogen-bond acceptors (Lipinski definition) is 5. The minimum atomic E-state index is -3.82. The molecule has 4 rings (SSSR count). The molecule has 1 aliphatic heterocycles.